The number of fused-ring (bicyclic) bond motifs is 1. The summed E-state index contributed by atoms with van der Waals surface area (Å²) in [5, 5.41) is 3.65. The number of anilines is 2. The number of hydrogen-bond acceptors (Lipinski definition) is 4. The van der Waals surface area contributed by atoms with Crippen LogP contribution in [0.4, 0.5) is 11.4 Å². The summed E-state index contributed by atoms with van der Waals surface area (Å²) in [5.74, 6) is 5.40. The van der Waals surface area contributed by atoms with Crippen molar-refractivity contribution in [2.24, 2.45) is 11.8 Å². The van der Waals surface area contributed by atoms with Crippen molar-refractivity contribution in [2.45, 2.75) is 84.5 Å². The number of carbonyl (C=O) groups excluding carboxylic acids is 1. The number of allylic oxidation sites excluding steroid dienone is 4. The Labute approximate surface area is 230 Å². The Bertz CT molecular complexity index is 1130. The summed E-state index contributed by atoms with van der Waals surface area (Å²) in [4.78, 5) is 13.8. The molecular formula is C33H48N4O. The van der Waals surface area contributed by atoms with Gasteiger partial charge in [0.1, 0.15) is 0 Å². The van der Waals surface area contributed by atoms with Gasteiger partial charge in [-0.1, -0.05) is 96.5 Å². The van der Waals surface area contributed by atoms with Crippen LogP contribution >= 0.6 is 0 Å². The predicted molar refractivity (Wildman–Crippen MR) is 162 cm³/mol. The number of benzene rings is 2. The van der Waals surface area contributed by atoms with Crippen LogP contribution in [0.3, 0.4) is 0 Å². The Balaban J connectivity index is 1.70. The zero-order valence-corrected chi connectivity index (χ0v) is 24.3. The van der Waals surface area contributed by atoms with Crippen LogP contribution in [0.25, 0.3) is 0 Å². The highest BCUT2D eigenvalue weighted by atomic mass is 16.2. The second-order valence-corrected chi connectivity index (χ2v) is 11.6. The topological polar surface area (TPSA) is 70.4 Å². The molecule has 0 saturated carbocycles. The Morgan fingerprint density at radius 2 is 1.79 bits per heavy atom. The summed E-state index contributed by atoms with van der Waals surface area (Å²) in [6.07, 6.45) is 11.4. The number of nitrogens with two attached hydrogens (primary N) is 1. The molecule has 5 nitrogen and oxygen atoms in total. The molecule has 1 aliphatic rings. The van der Waals surface area contributed by atoms with Crippen molar-refractivity contribution in [3.05, 3.63) is 83.6 Å². The molecule has 38 heavy (non-hydrogen) atoms. The number of unbranched alkanes of at least 4 members (excludes halogenated alkanes) is 2. The molecule has 0 radical (unpaired) electrons. The maximum Gasteiger partial charge on any atom is 0.233 e. The SMILES string of the molecule is CCCN1/C(=C/C=C/C(C)C(C)(C)c2ccccc2NCCCCCC(=O)NN)C(C)(C)c2ccccc21. The summed E-state index contributed by atoms with van der Waals surface area (Å²) >= 11 is 0. The second kappa shape index (κ2) is 13.1. The molecule has 0 fully saturated rings. The van der Waals surface area contributed by atoms with Gasteiger partial charge in [0, 0.05) is 42.0 Å². The second-order valence-electron chi connectivity index (χ2n) is 11.6. The summed E-state index contributed by atoms with van der Waals surface area (Å²) in [5.41, 5.74) is 8.77. The Kier molecular flexibility index (Phi) is 10.2. The third-order valence-electron chi connectivity index (χ3n) is 8.22. The maximum absolute atomic E-state index is 11.3. The average molecular weight is 517 g/mol. The lowest BCUT2D eigenvalue weighted by Crippen LogP contribution is -2.29. The fourth-order valence-corrected chi connectivity index (χ4v) is 5.49. The van der Waals surface area contributed by atoms with Gasteiger partial charge < -0.3 is 10.2 Å². The summed E-state index contributed by atoms with van der Waals surface area (Å²) in [7, 11) is 0. The van der Waals surface area contributed by atoms with Crippen molar-refractivity contribution in [1.29, 1.82) is 0 Å². The molecule has 1 amide bonds. The summed E-state index contributed by atoms with van der Waals surface area (Å²) in [6, 6.07) is 17.5. The van der Waals surface area contributed by atoms with Gasteiger partial charge in [-0.2, -0.15) is 0 Å². The number of para-hydroxylation sites is 2. The molecule has 206 valence electrons. The molecule has 4 N–H and O–H groups in total. The number of carbonyl (C=O) groups is 1. The van der Waals surface area contributed by atoms with Crippen molar-refractivity contribution in [3.8, 4) is 0 Å². The predicted octanol–water partition coefficient (Wildman–Crippen LogP) is 7.21. The van der Waals surface area contributed by atoms with Gasteiger partial charge in [0.2, 0.25) is 5.91 Å². The molecule has 1 heterocycles. The van der Waals surface area contributed by atoms with Crippen LogP contribution in [-0.4, -0.2) is 19.0 Å². The van der Waals surface area contributed by atoms with Gasteiger partial charge in [-0.15, -0.1) is 0 Å². The largest absolute Gasteiger partial charge is 0.385 e. The van der Waals surface area contributed by atoms with Crippen LogP contribution in [0.15, 0.2) is 72.5 Å². The van der Waals surface area contributed by atoms with E-state index in [-0.39, 0.29) is 16.7 Å². The number of nitrogens with zero attached hydrogens (tertiary/aromatic N) is 1. The first-order valence-corrected chi connectivity index (χ1v) is 14.2. The molecule has 0 aromatic heterocycles. The van der Waals surface area contributed by atoms with Gasteiger partial charge in [0.15, 0.2) is 0 Å². The smallest absolute Gasteiger partial charge is 0.233 e. The monoisotopic (exact) mass is 516 g/mol. The zero-order valence-electron chi connectivity index (χ0n) is 24.3. The number of amides is 1. The number of nitrogens with one attached hydrogen (secondary N) is 2. The highest BCUT2D eigenvalue weighted by Crippen LogP contribution is 2.47. The molecule has 5 heteroatoms. The van der Waals surface area contributed by atoms with E-state index in [0.29, 0.717) is 12.3 Å². The van der Waals surface area contributed by atoms with Crippen LogP contribution in [-0.2, 0) is 15.6 Å². The highest BCUT2D eigenvalue weighted by Gasteiger charge is 2.39. The molecule has 0 saturated heterocycles. The van der Waals surface area contributed by atoms with E-state index in [4.69, 9.17) is 5.84 Å². The van der Waals surface area contributed by atoms with E-state index in [1.165, 1.54) is 28.2 Å². The lowest BCUT2D eigenvalue weighted by Gasteiger charge is -2.33. The quantitative estimate of drug-likeness (QED) is 0.114. The minimum atomic E-state index is -0.0955. The average Bonchev–Trinajstić information content (AvgIpc) is 3.12. The Morgan fingerprint density at radius 1 is 1.08 bits per heavy atom. The molecule has 2 aromatic rings. The van der Waals surface area contributed by atoms with Crippen LogP contribution in [0, 0.1) is 5.92 Å². The fourth-order valence-electron chi connectivity index (χ4n) is 5.49. The van der Waals surface area contributed by atoms with Crippen molar-refractivity contribution in [2.75, 3.05) is 23.3 Å². The Morgan fingerprint density at radius 3 is 2.53 bits per heavy atom. The molecule has 1 unspecified atom stereocenters. The van der Waals surface area contributed by atoms with Crippen molar-refractivity contribution in [1.82, 2.24) is 5.43 Å². The van der Waals surface area contributed by atoms with Crippen molar-refractivity contribution in [3.63, 3.8) is 0 Å². The van der Waals surface area contributed by atoms with Crippen LogP contribution in [0.1, 0.15) is 84.8 Å². The van der Waals surface area contributed by atoms with Gasteiger partial charge in [-0.05, 0) is 59.9 Å². The van der Waals surface area contributed by atoms with E-state index in [2.05, 4.69) is 124 Å². The lowest BCUT2D eigenvalue weighted by molar-refractivity contribution is -0.121. The van der Waals surface area contributed by atoms with Crippen molar-refractivity contribution >= 4 is 17.3 Å². The van der Waals surface area contributed by atoms with Gasteiger partial charge >= 0.3 is 0 Å². The van der Waals surface area contributed by atoms with Gasteiger partial charge in [-0.25, -0.2) is 5.84 Å². The Hall–Kier alpha value is -3.05. The molecule has 0 bridgehead atoms. The summed E-state index contributed by atoms with van der Waals surface area (Å²) in [6.45, 7) is 15.8. The van der Waals surface area contributed by atoms with E-state index in [1.54, 1.807) is 0 Å². The molecule has 0 aliphatic carbocycles. The molecule has 3 rings (SSSR count). The minimum absolute atomic E-state index is 0.0144. The van der Waals surface area contributed by atoms with E-state index in [1.807, 2.05) is 0 Å². The third kappa shape index (κ3) is 6.68. The lowest BCUT2D eigenvalue weighted by atomic mass is 9.73. The first kappa shape index (κ1) is 29.5. The van der Waals surface area contributed by atoms with E-state index in [0.717, 1.165) is 38.8 Å². The van der Waals surface area contributed by atoms with Gasteiger partial charge in [0.25, 0.3) is 0 Å². The first-order valence-electron chi connectivity index (χ1n) is 14.2. The van der Waals surface area contributed by atoms with E-state index < -0.39 is 0 Å². The van der Waals surface area contributed by atoms with Crippen LogP contribution in [0.2, 0.25) is 0 Å². The molecular weight excluding hydrogens is 468 g/mol. The third-order valence-corrected chi connectivity index (χ3v) is 8.22. The van der Waals surface area contributed by atoms with Gasteiger partial charge in [-0.3, -0.25) is 10.2 Å². The van der Waals surface area contributed by atoms with Crippen molar-refractivity contribution < 1.29 is 4.79 Å². The first-order chi connectivity index (χ1) is 18.1. The standard InChI is InChI=1S/C33H48N4O/c1-7-24-37-29-20-13-11-18-27(29)33(5,6)30(37)21-15-16-25(2)32(3,4)26-17-10-12-19-28(26)35-23-14-8-9-22-31(38)36-34/h10-13,15-21,25,35H,7-9,14,22-24,34H2,1-6H3,(H,36,38)/b16-15+,30-21+. The number of rotatable bonds is 13. The van der Waals surface area contributed by atoms with Gasteiger partial charge in [0.05, 0.1) is 0 Å². The van der Waals surface area contributed by atoms with Crippen LogP contribution in [0.5, 0.6) is 0 Å². The maximum atomic E-state index is 11.3. The summed E-state index contributed by atoms with van der Waals surface area (Å²) < 4.78 is 0. The molecule has 0 spiro atoms. The number of hydrazine groups is 1. The minimum Gasteiger partial charge on any atom is -0.385 e. The van der Waals surface area contributed by atoms with Crippen LogP contribution < -0.4 is 21.5 Å². The van der Waals surface area contributed by atoms with E-state index in [9.17, 15) is 4.79 Å². The highest BCUT2D eigenvalue weighted by molar-refractivity contribution is 5.75. The fraction of sp³-hybridized carbons (Fsp3) is 0.485. The molecule has 2 aromatic carbocycles. The van der Waals surface area contributed by atoms with E-state index >= 15 is 0 Å². The zero-order chi connectivity index (χ0) is 27.8. The molecule has 1 aliphatic heterocycles. The molecule has 1 atom stereocenters. The normalized spacial score (nSPS) is 16.6. The number of hydrogen-bond donors (Lipinski definition) is 3.